The Labute approximate surface area is 356 Å². The lowest BCUT2D eigenvalue weighted by Crippen LogP contribution is -2.62. The Hall–Kier alpha value is -3.88. The van der Waals surface area contributed by atoms with Gasteiger partial charge in [0.15, 0.2) is 0 Å². The van der Waals surface area contributed by atoms with Gasteiger partial charge in [-0.1, -0.05) is 81.4 Å². The number of nitrogens with zero attached hydrogens (tertiary/aromatic N) is 3. The maximum absolute atomic E-state index is 14.5. The molecule has 5 aliphatic rings. The van der Waals surface area contributed by atoms with Crippen LogP contribution in [0.3, 0.4) is 0 Å². The van der Waals surface area contributed by atoms with E-state index < -0.39 is 24.2 Å². The molecule has 0 spiro atoms. The summed E-state index contributed by atoms with van der Waals surface area (Å²) in [5.41, 5.74) is 4.38. The monoisotopic (exact) mass is 826 g/mol. The zero-order valence-corrected chi connectivity index (χ0v) is 36.4. The van der Waals surface area contributed by atoms with Crippen LogP contribution in [-0.2, 0) is 27.3 Å². The van der Waals surface area contributed by atoms with E-state index in [-0.39, 0.29) is 42.5 Å². The SMILES string of the molecule is C[C@@H]1[C@@H](NC(=O)[C@@H]2[C@H]([C@H](C)O)[C@H](CO)ON2Cc2cccc(-c3cccc(C(=O)N[C@@H](Cc4ccccc4)CN(C)C)c3)c2OCCN2CCOCC2)C[C@H]2C[C@@H]1C2(C)C. The number of nitrogens with one attached hydrogen (secondary N) is 2. The second-order valence-electron chi connectivity index (χ2n) is 18.5. The van der Waals surface area contributed by atoms with Crippen molar-refractivity contribution >= 4 is 11.8 Å². The quantitative estimate of drug-likeness (QED) is 0.153. The normalized spacial score (nSPS) is 27.5. The highest BCUT2D eigenvalue weighted by molar-refractivity contribution is 5.96. The highest BCUT2D eigenvalue weighted by Gasteiger charge is 2.57. The van der Waals surface area contributed by atoms with Gasteiger partial charge in [-0.3, -0.25) is 19.3 Å². The molecule has 0 unspecified atom stereocenters. The highest BCUT2D eigenvalue weighted by Crippen LogP contribution is 2.61. The number of fused-ring (bicyclic) bond motifs is 2. The smallest absolute Gasteiger partial charge is 0.251 e. The van der Waals surface area contributed by atoms with E-state index in [0.717, 1.165) is 41.8 Å². The number of carbonyl (C=O) groups is 2. The van der Waals surface area contributed by atoms with Crippen LogP contribution < -0.4 is 15.4 Å². The molecule has 2 saturated heterocycles. The number of para-hydroxylation sites is 1. The molecule has 3 saturated carbocycles. The van der Waals surface area contributed by atoms with Crippen molar-refractivity contribution in [1.82, 2.24) is 25.5 Å². The van der Waals surface area contributed by atoms with E-state index in [1.165, 1.54) is 6.42 Å². The van der Waals surface area contributed by atoms with Crippen LogP contribution in [0.15, 0.2) is 72.8 Å². The Bertz CT molecular complexity index is 1900. The number of benzene rings is 3. The van der Waals surface area contributed by atoms with Gasteiger partial charge in [0.1, 0.15) is 24.5 Å². The number of amides is 2. The van der Waals surface area contributed by atoms with Gasteiger partial charge in [-0.25, -0.2) is 0 Å². The largest absolute Gasteiger partial charge is 0.491 e. The van der Waals surface area contributed by atoms with Crippen LogP contribution in [0.5, 0.6) is 5.75 Å². The van der Waals surface area contributed by atoms with Crippen molar-refractivity contribution in [3.05, 3.63) is 89.5 Å². The molecule has 12 nitrogen and oxygen atoms in total. The van der Waals surface area contributed by atoms with Crippen LogP contribution >= 0.6 is 0 Å². The van der Waals surface area contributed by atoms with Crippen LogP contribution in [0, 0.1) is 29.1 Å². The average molecular weight is 826 g/mol. The molecule has 9 atom stereocenters. The van der Waals surface area contributed by atoms with Crippen LogP contribution in [-0.4, -0.2) is 134 Å². The first-order chi connectivity index (χ1) is 28.8. The van der Waals surface area contributed by atoms with Crippen LogP contribution in [0.2, 0.25) is 0 Å². The van der Waals surface area contributed by atoms with Crippen LogP contribution in [0.4, 0.5) is 0 Å². The molecular weight excluding hydrogens is 759 g/mol. The summed E-state index contributed by atoms with van der Waals surface area (Å²) in [7, 11) is 4.02. The van der Waals surface area contributed by atoms with E-state index in [9.17, 15) is 19.8 Å². The van der Waals surface area contributed by atoms with Gasteiger partial charge in [-0.15, -0.1) is 0 Å². The standard InChI is InChI=1S/C48H67N5O7/c1-31-40-26-37(48(40,3)4)27-41(31)50-47(57)44-43(32(2)55)42(30-54)60-53(44)28-36-16-11-17-39(45(36)59-23-20-52-18-21-58-22-19-52)34-14-10-15-35(25-34)46(56)49-38(29-51(5)6)24-33-12-8-7-9-13-33/h7-17,25,31-32,37-38,40-44,54-55H,18-24,26-30H2,1-6H3,(H,49,56)(H,50,57)/t31-,32-,37+,38-,40-,41-,42-,43+,44-/m0/s1. The Morgan fingerprint density at radius 3 is 2.45 bits per heavy atom. The summed E-state index contributed by atoms with van der Waals surface area (Å²) in [6.07, 6.45) is 1.16. The number of aliphatic hydroxyl groups is 2. The molecule has 4 N–H and O–H groups in total. The summed E-state index contributed by atoms with van der Waals surface area (Å²) in [5, 5.41) is 29.9. The molecule has 326 valence electrons. The first kappa shape index (κ1) is 44.2. The number of ether oxygens (including phenoxy) is 2. The van der Waals surface area contributed by atoms with Crippen LogP contribution in [0.25, 0.3) is 11.1 Å². The second-order valence-corrected chi connectivity index (χ2v) is 18.5. The van der Waals surface area contributed by atoms with Gasteiger partial charge in [-0.05, 0) is 86.7 Å². The summed E-state index contributed by atoms with van der Waals surface area (Å²) in [4.78, 5) is 39.2. The van der Waals surface area contributed by atoms with Gasteiger partial charge in [-0.2, -0.15) is 5.06 Å². The lowest BCUT2D eigenvalue weighted by atomic mass is 9.45. The molecule has 60 heavy (non-hydrogen) atoms. The molecule has 2 heterocycles. The summed E-state index contributed by atoms with van der Waals surface area (Å²) in [5.74, 6) is 1.07. The molecule has 2 bridgehead atoms. The minimum absolute atomic E-state index is 0.0299. The average Bonchev–Trinajstić information content (AvgIpc) is 3.61. The summed E-state index contributed by atoms with van der Waals surface area (Å²) in [6.45, 7) is 13.2. The Morgan fingerprint density at radius 2 is 1.77 bits per heavy atom. The first-order valence-corrected chi connectivity index (χ1v) is 22.0. The van der Waals surface area contributed by atoms with Gasteiger partial charge in [0.25, 0.3) is 5.91 Å². The van der Waals surface area contributed by atoms with Crippen molar-refractivity contribution in [3.63, 3.8) is 0 Å². The molecule has 2 aliphatic heterocycles. The summed E-state index contributed by atoms with van der Waals surface area (Å²) in [6, 6.07) is 22.8. The molecule has 5 fully saturated rings. The molecular formula is C48H67N5O7. The molecule has 0 aromatic heterocycles. The molecule has 3 aromatic carbocycles. The third-order valence-electron chi connectivity index (χ3n) is 13.9. The number of likely N-dealkylation sites (N-methyl/N-ethyl adjacent to an activating group) is 1. The van der Waals surface area contributed by atoms with Gasteiger partial charge in [0.05, 0.1) is 32.5 Å². The summed E-state index contributed by atoms with van der Waals surface area (Å²) < 4.78 is 12.3. The van der Waals surface area contributed by atoms with E-state index in [2.05, 4.69) is 53.3 Å². The van der Waals surface area contributed by atoms with E-state index in [4.69, 9.17) is 14.3 Å². The van der Waals surface area contributed by atoms with Crippen molar-refractivity contribution in [1.29, 1.82) is 0 Å². The van der Waals surface area contributed by atoms with E-state index >= 15 is 0 Å². The van der Waals surface area contributed by atoms with Gasteiger partial charge in [0, 0.05) is 60.9 Å². The third kappa shape index (κ3) is 9.91. The zero-order valence-electron chi connectivity index (χ0n) is 36.4. The van der Waals surface area contributed by atoms with E-state index in [1.807, 2.05) is 74.8 Å². The number of hydrogen-bond acceptors (Lipinski definition) is 10. The maximum atomic E-state index is 14.5. The zero-order chi connectivity index (χ0) is 42.6. The Morgan fingerprint density at radius 1 is 1.02 bits per heavy atom. The van der Waals surface area contributed by atoms with Crippen molar-refractivity contribution in [2.24, 2.45) is 29.1 Å². The fourth-order valence-corrected chi connectivity index (χ4v) is 10.5. The summed E-state index contributed by atoms with van der Waals surface area (Å²) >= 11 is 0. The number of aliphatic hydroxyl groups excluding tert-OH is 2. The van der Waals surface area contributed by atoms with Crippen molar-refractivity contribution < 1.29 is 34.1 Å². The molecule has 2 amide bonds. The molecule has 8 rings (SSSR count). The minimum atomic E-state index is -0.909. The molecule has 12 heteroatoms. The highest BCUT2D eigenvalue weighted by atomic mass is 16.7. The fraction of sp³-hybridized carbons (Fsp3) is 0.583. The van der Waals surface area contributed by atoms with Gasteiger partial charge in [0.2, 0.25) is 5.91 Å². The molecule has 0 radical (unpaired) electrons. The number of hydrogen-bond donors (Lipinski definition) is 4. The predicted molar refractivity (Wildman–Crippen MR) is 232 cm³/mol. The topological polar surface area (TPSA) is 136 Å². The van der Waals surface area contributed by atoms with Gasteiger partial charge >= 0.3 is 0 Å². The second kappa shape index (κ2) is 19.4. The molecule has 3 aliphatic carbocycles. The Balaban J connectivity index is 1.16. The van der Waals surface area contributed by atoms with E-state index in [1.54, 1.807) is 12.0 Å². The maximum Gasteiger partial charge on any atom is 0.251 e. The Kier molecular flexibility index (Phi) is 14.3. The van der Waals surface area contributed by atoms with Crippen molar-refractivity contribution in [2.45, 2.75) is 83.8 Å². The van der Waals surface area contributed by atoms with Crippen LogP contribution in [0.1, 0.15) is 62.0 Å². The van der Waals surface area contributed by atoms with E-state index in [0.29, 0.717) is 68.4 Å². The first-order valence-electron chi connectivity index (χ1n) is 22.0. The molecule has 3 aromatic rings. The van der Waals surface area contributed by atoms with Crippen molar-refractivity contribution in [3.8, 4) is 16.9 Å². The number of carbonyl (C=O) groups excluding carboxylic acids is 2. The number of morpholine rings is 1. The minimum Gasteiger partial charge on any atom is -0.491 e. The lowest BCUT2D eigenvalue weighted by molar-refractivity contribution is -0.183. The number of rotatable bonds is 17. The predicted octanol–water partition coefficient (Wildman–Crippen LogP) is 4.63. The third-order valence-corrected chi connectivity index (χ3v) is 13.9. The number of hydroxylamine groups is 2. The lowest BCUT2D eigenvalue weighted by Gasteiger charge is -2.62. The van der Waals surface area contributed by atoms with Crippen molar-refractivity contribution in [2.75, 3.05) is 66.7 Å². The van der Waals surface area contributed by atoms with Gasteiger partial charge < -0.3 is 35.2 Å². The fourth-order valence-electron chi connectivity index (χ4n) is 10.5.